The molecule has 3 rings (SSSR count). The highest BCUT2D eigenvalue weighted by molar-refractivity contribution is 5.72. The fraction of sp³-hybridized carbons (Fsp3) is 0.632. The van der Waals surface area contributed by atoms with Crippen molar-refractivity contribution in [2.45, 2.75) is 44.6 Å². The molecule has 0 bridgehead atoms. The second kappa shape index (κ2) is 7.82. The Labute approximate surface area is 138 Å². The smallest absolute Gasteiger partial charge is 0.308 e. The van der Waals surface area contributed by atoms with Crippen molar-refractivity contribution in [1.29, 1.82) is 0 Å². The van der Waals surface area contributed by atoms with Gasteiger partial charge in [-0.25, -0.2) is 0 Å². The molecule has 126 valence electrons. The van der Waals surface area contributed by atoms with E-state index in [9.17, 15) is 4.79 Å². The standard InChI is InChI=1S/C19H26O4/c1-21-19(20)16-9-10-22-18(12-16)15-7-4-8-17(11-15)23-13-14-5-2-3-6-14/h4,7-8,11,14,16,18H,2-3,5-6,9-10,12-13H2,1H3. The van der Waals surface area contributed by atoms with E-state index in [0.29, 0.717) is 18.9 Å². The molecule has 1 aliphatic carbocycles. The first-order chi connectivity index (χ1) is 11.3. The molecule has 1 saturated heterocycles. The molecule has 2 unspecified atom stereocenters. The molecule has 4 nitrogen and oxygen atoms in total. The van der Waals surface area contributed by atoms with Crippen LogP contribution < -0.4 is 4.74 Å². The Hall–Kier alpha value is -1.55. The van der Waals surface area contributed by atoms with Crippen molar-refractivity contribution < 1.29 is 19.0 Å². The highest BCUT2D eigenvalue weighted by Gasteiger charge is 2.29. The molecule has 1 saturated carbocycles. The molecule has 0 amide bonds. The summed E-state index contributed by atoms with van der Waals surface area (Å²) in [6.45, 7) is 1.40. The monoisotopic (exact) mass is 318 g/mol. The Morgan fingerprint density at radius 1 is 1.26 bits per heavy atom. The van der Waals surface area contributed by atoms with Crippen LogP contribution in [0.3, 0.4) is 0 Å². The summed E-state index contributed by atoms with van der Waals surface area (Å²) in [5, 5.41) is 0. The lowest BCUT2D eigenvalue weighted by Crippen LogP contribution is -2.26. The van der Waals surface area contributed by atoms with Gasteiger partial charge in [0.05, 0.1) is 25.7 Å². The zero-order valence-corrected chi connectivity index (χ0v) is 13.8. The van der Waals surface area contributed by atoms with Crippen molar-refractivity contribution >= 4 is 5.97 Å². The van der Waals surface area contributed by atoms with Gasteiger partial charge in [0, 0.05) is 6.61 Å². The fourth-order valence-corrected chi connectivity index (χ4v) is 3.61. The van der Waals surface area contributed by atoms with Crippen LogP contribution in [-0.4, -0.2) is 26.3 Å². The first kappa shape index (κ1) is 16.3. The Kier molecular flexibility index (Phi) is 5.55. The van der Waals surface area contributed by atoms with Crippen molar-refractivity contribution in [3.63, 3.8) is 0 Å². The third-order valence-electron chi connectivity index (χ3n) is 5.01. The molecule has 23 heavy (non-hydrogen) atoms. The van der Waals surface area contributed by atoms with Crippen molar-refractivity contribution in [1.82, 2.24) is 0 Å². The minimum atomic E-state index is -0.132. The van der Waals surface area contributed by atoms with E-state index in [2.05, 4.69) is 6.07 Å². The Morgan fingerprint density at radius 2 is 2.09 bits per heavy atom. The SMILES string of the molecule is COC(=O)C1CCOC(c2cccc(OCC3CCCC3)c2)C1. The minimum absolute atomic E-state index is 0.0529. The number of esters is 1. The number of methoxy groups -OCH3 is 1. The van der Waals surface area contributed by atoms with Gasteiger partial charge in [-0.15, -0.1) is 0 Å². The number of carbonyl (C=O) groups is 1. The van der Waals surface area contributed by atoms with Gasteiger partial charge in [-0.1, -0.05) is 25.0 Å². The van der Waals surface area contributed by atoms with E-state index in [1.807, 2.05) is 18.2 Å². The number of carbonyl (C=O) groups excluding carboxylic acids is 1. The van der Waals surface area contributed by atoms with Gasteiger partial charge >= 0.3 is 5.97 Å². The Morgan fingerprint density at radius 3 is 2.87 bits per heavy atom. The summed E-state index contributed by atoms with van der Waals surface area (Å²) in [5.74, 6) is 1.40. The van der Waals surface area contributed by atoms with Gasteiger partial charge in [-0.3, -0.25) is 4.79 Å². The molecule has 0 N–H and O–H groups in total. The number of hydrogen-bond acceptors (Lipinski definition) is 4. The van der Waals surface area contributed by atoms with E-state index in [1.165, 1.54) is 32.8 Å². The zero-order valence-electron chi connectivity index (χ0n) is 13.8. The van der Waals surface area contributed by atoms with Gasteiger partial charge in [-0.2, -0.15) is 0 Å². The molecular formula is C19H26O4. The molecule has 0 radical (unpaired) electrons. The summed E-state index contributed by atoms with van der Waals surface area (Å²) in [4.78, 5) is 11.8. The van der Waals surface area contributed by atoms with Crippen molar-refractivity contribution in [3.8, 4) is 5.75 Å². The summed E-state index contributed by atoms with van der Waals surface area (Å²) in [5.41, 5.74) is 1.09. The van der Waals surface area contributed by atoms with Crippen molar-refractivity contribution in [3.05, 3.63) is 29.8 Å². The van der Waals surface area contributed by atoms with Gasteiger partial charge < -0.3 is 14.2 Å². The second-order valence-electron chi connectivity index (χ2n) is 6.64. The van der Waals surface area contributed by atoms with Crippen molar-refractivity contribution in [2.24, 2.45) is 11.8 Å². The maximum atomic E-state index is 11.8. The largest absolute Gasteiger partial charge is 0.493 e. The predicted octanol–water partition coefficient (Wildman–Crippen LogP) is 3.90. The van der Waals surface area contributed by atoms with E-state index < -0.39 is 0 Å². The van der Waals surface area contributed by atoms with Gasteiger partial charge in [-0.05, 0) is 49.3 Å². The van der Waals surface area contributed by atoms with E-state index in [-0.39, 0.29) is 18.0 Å². The average Bonchev–Trinajstić information content (AvgIpc) is 3.13. The minimum Gasteiger partial charge on any atom is -0.493 e. The van der Waals surface area contributed by atoms with Crippen LogP contribution in [0.15, 0.2) is 24.3 Å². The summed E-state index contributed by atoms with van der Waals surface area (Å²) < 4.78 is 16.7. The van der Waals surface area contributed by atoms with Gasteiger partial charge in [0.1, 0.15) is 5.75 Å². The van der Waals surface area contributed by atoms with Crippen LogP contribution in [0.25, 0.3) is 0 Å². The highest BCUT2D eigenvalue weighted by atomic mass is 16.5. The second-order valence-corrected chi connectivity index (χ2v) is 6.64. The predicted molar refractivity (Wildman–Crippen MR) is 87.3 cm³/mol. The maximum absolute atomic E-state index is 11.8. The molecule has 2 atom stereocenters. The summed E-state index contributed by atoms with van der Waals surface area (Å²) in [7, 11) is 1.45. The first-order valence-electron chi connectivity index (χ1n) is 8.68. The first-order valence-corrected chi connectivity index (χ1v) is 8.68. The third kappa shape index (κ3) is 4.25. The topological polar surface area (TPSA) is 44.8 Å². The number of rotatable bonds is 5. The van der Waals surface area contributed by atoms with E-state index in [4.69, 9.17) is 14.2 Å². The zero-order chi connectivity index (χ0) is 16.1. The van der Waals surface area contributed by atoms with Crippen LogP contribution in [0, 0.1) is 11.8 Å². The van der Waals surface area contributed by atoms with E-state index in [1.54, 1.807) is 0 Å². The number of ether oxygens (including phenoxy) is 3. The van der Waals surface area contributed by atoms with Crippen molar-refractivity contribution in [2.75, 3.05) is 20.3 Å². The van der Waals surface area contributed by atoms with E-state index >= 15 is 0 Å². The molecule has 0 spiro atoms. The summed E-state index contributed by atoms with van der Waals surface area (Å²) in [6.07, 6.45) is 6.60. The molecule has 2 fully saturated rings. The lowest BCUT2D eigenvalue weighted by Gasteiger charge is -2.28. The molecule has 1 heterocycles. The molecule has 1 aromatic rings. The van der Waals surface area contributed by atoms with Gasteiger partial charge in [0.15, 0.2) is 0 Å². The lowest BCUT2D eigenvalue weighted by atomic mass is 9.92. The molecule has 0 aromatic heterocycles. The van der Waals surface area contributed by atoms with Crippen LogP contribution in [0.5, 0.6) is 5.75 Å². The maximum Gasteiger partial charge on any atom is 0.308 e. The van der Waals surface area contributed by atoms with Gasteiger partial charge in [0.25, 0.3) is 0 Å². The lowest BCUT2D eigenvalue weighted by molar-refractivity contribution is -0.150. The summed E-state index contributed by atoms with van der Waals surface area (Å²) >= 11 is 0. The molecule has 4 heteroatoms. The van der Waals surface area contributed by atoms with Crippen LogP contribution >= 0.6 is 0 Å². The Bertz CT molecular complexity index is 522. The molecule has 2 aliphatic rings. The highest BCUT2D eigenvalue weighted by Crippen LogP contribution is 2.34. The van der Waals surface area contributed by atoms with Crippen LogP contribution in [-0.2, 0) is 14.3 Å². The van der Waals surface area contributed by atoms with Crippen LogP contribution in [0.1, 0.15) is 50.2 Å². The number of benzene rings is 1. The van der Waals surface area contributed by atoms with E-state index in [0.717, 1.165) is 24.3 Å². The summed E-state index contributed by atoms with van der Waals surface area (Å²) in [6, 6.07) is 8.11. The fourth-order valence-electron chi connectivity index (χ4n) is 3.61. The molecule has 1 aromatic carbocycles. The van der Waals surface area contributed by atoms with Crippen LogP contribution in [0.4, 0.5) is 0 Å². The molecule has 1 aliphatic heterocycles. The normalized spacial score (nSPS) is 25.3. The van der Waals surface area contributed by atoms with Gasteiger partial charge in [0.2, 0.25) is 0 Å². The van der Waals surface area contributed by atoms with Crippen LogP contribution in [0.2, 0.25) is 0 Å². The Balaban J connectivity index is 1.60. The quantitative estimate of drug-likeness (QED) is 0.773. The average molecular weight is 318 g/mol. The molecular weight excluding hydrogens is 292 g/mol. The third-order valence-corrected chi connectivity index (χ3v) is 5.01. The number of hydrogen-bond donors (Lipinski definition) is 0.